The molecule has 0 saturated carbocycles. The number of rotatable bonds is 7. The molecule has 128 valence electrons. The number of nitrogens with zero attached hydrogens (tertiary/aromatic N) is 2. The largest absolute Gasteiger partial charge is 0.389 e. The SMILES string of the molecule is CC(C)OCC(O)CN1CCC(CN2CCCCC2=O)CC1. The Hall–Kier alpha value is -0.650. The standard InChI is InChI=1S/C17H32N2O3/c1-14(2)22-13-16(20)12-18-9-6-15(7-10-18)11-19-8-4-3-5-17(19)21/h14-16,20H,3-13H2,1-2H3. The van der Waals surface area contributed by atoms with Crippen molar-refractivity contribution in [1.29, 1.82) is 0 Å². The van der Waals surface area contributed by atoms with Crippen molar-refractivity contribution in [3.8, 4) is 0 Å². The van der Waals surface area contributed by atoms with Gasteiger partial charge in [-0.05, 0) is 58.5 Å². The third-order valence-electron chi connectivity index (χ3n) is 4.70. The van der Waals surface area contributed by atoms with E-state index in [4.69, 9.17) is 4.74 Å². The quantitative estimate of drug-likeness (QED) is 0.774. The molecule has 0 radical (unpaired) electrons. The van der Waals surface area contributed by atoms with Gasteiger partial charge in [-0.3, -0.25) is 4.79 Å². The summed E-state index contributed by atoms with van der Waals surface area (Å²) in [5.41, 5.74) is 0. The van der Waals surface area contributed by atoms with Gasteiger partial charge in [0.2, 0.25) is 5.91 Å². The third-order valence-corrected chi connectivity index (χ3v) is 4.70. The van der Waals surface area contributed by atoms with Crippen molar-refractivity contribution in [2.45, 2.75) is 58.2 Å². The fourth-order valence-corrected chi connectivity index (χ4v) is 3.37. The van der Waals surface area contributed by atoms with Crippen LogP contribution < -0.4 is 0 Å². The Balaban J connectivity index is 1.64. The Labute approximate surface area is 134 Å². The fourth-order valence-electron chi connectivity index (χ4n) is 3.37. The van der Waals surface area contributed by atoms with Crippen LogP contribution in [-0.4, -0.2) is 72.4 Å². The summed E-state index contributed by atoms with van der Waals surface area (Å²) >= 11 is 0. The summed E-state index contributed by atoms with van der Waals surface area (Å²) in [6.07, 6.45) is 4.98. The number of aliphatic hydroxyl groups excluding tert-OH is 1. The first-order chi connectivity index (χ1) is 10.5. The maximum absolute atomic E-state index is 11.9. The van der Waals surface area contributed by atoms with Crippen molar-refractivity contribution in [2.75, 3.05) is 39.3 Å². The summed E-state index contributed by atoms with van der Waals surface area (Å²) in [6.45, 7) is 9.01. The molecular weight excluding hydrogens is 280 g/mol. The Kier molecular flexibility index (Phi) is 7.12. The first-order valence-electron chi connectivity index (χ1n) is 8.84. The second-order valence-corrected chi connectivity index (χ2v) is 7.08. The molecule has 0 aromatic carbocycles. The van der Waals surface area contributed by atoms with Crippen molar-refractivity contribution >= 4 is 5.91 Å². The predicted molar refractivity (Wildman–Crippen MR) is 86.7 cm³/mol. The Bertz CT molecular complexity index is 341. The van der Waals surface area contributed by atoms with E-state index < -0.39 is 6.10 Å². The Morgan fingerprint density at radius 3 is 2.59 bits per heavy atom. The van der Waals surface area contributed by atoms with Crippen molar-refractivity contribution in [3.05, 3.63) is 0 Å². The number of amides is 1. The van der Waals surface area contributed by atoms with Gasteiger partial charge >= 0.3 is 0 Å². The molecule has 2 aliphatic rings. The second-order valence-electron chi connectivity index (χ2n) is 7.08. The normalized spacial score (nSPS) is 23.3. The molecular formula is C17H32N2O3. The number of hydrogen-bond donors (Lipinski definition) is 1. The van der Waals surface area contributed by atoms with Crippen LogP contribution in [0.1, 0.15) is 46.0 Å². The third kappa shape index (κ3) is 5.86. The monoisotopic (exact) mass is 312 g/mol. The van der Waals surface area contributed by atoms with Gasteiger partial charge in [0.15, 0.2) is 0 Å². The number of hydrogen-bond acceptors (Lipinski definition) is 4. The van der Waals surface area contributed by atoms with Crippen LogP contribution in [0.15, 0.2) is 0 Å². The summed E-state index contributed by atoms with van der Waals surface area (Å²) in [4.78, 5) is 16.3. The molecule has 0 spiro atoms. The summed E-state index contributed by atoms with van der Waals surface area (Å²) in [7, 11) is 0. The van der Waals surface area contributed by atoms with E-state index in [1.807, 2.05) is 13.8 Å². The van der Waals surface area contributed by atoms with Crippen molar-refractivity contribution in [1.82, 2.24) is 9.80 Å². The van der Waals surface area contributed by atoms with Crippen LogP contribution >= 0.6 is 0 Å². The van der Waals surface area contributed by atoms with Crippen molar-refractivity contribution in [3.63, 3.8) is 0 Å². The number of aliphatic hydroxyl groups is 1. The minimum Gasteiger partial charge on any atom is -0.389 e. The molecule has 2 fully saturated rings. The van der Waals surface area contributed by atoms with E-state index in [9.17, 15) is 9.90 Å². The van der Waals surface area contributed by atoms with Gasteiger partial charge in [-0.1, -0.05) is 0 Å². The van der Waals surface area contributed by atoms with Gasteiger partial charge in [0.1, 0.15) is 0 Å². The molecule has 2 heterocycles. The summed E-state index contributed by atoms with van der Waals surface area (Å²) in [5.74, 6) is 0.970. The van der Waals surface area contributed by atoms with E-state index >= 15 is 0 Å². The van der Waals surface area contributed by atoms with Gasteiger partial charge in [0.25, 0.3) is 0 Å². The maximum Gasteiger partial charge on any atom is 0.222 e. The van der Waals surface area contributed by atoms with Crippen molar-refractivity contribution < 1.29 is 14.6 Å². The van der Waals surface area contributed by atoms with Gasteiger partial charge in [-0.25, -0.2) is 0 Å². The topological polar surface area (TPSA) is 53.0 Å². The van der Waals surface area contributed by atoms with Crippen LogP contribution in [0, 0.1) is 5.92 Å². The smallest absolute Gasteiger partial charge is 0.222 e. The number of carbonyl (C=O) groups is 1. The Morgan fingerprint density at radius 1 is 1.23 bits per heavy atom. The first kappa shape index (κ1) is 17.7. The lowest BCUT2D eigenvalue weighted by molar-refractivity contribution is -0.134. The number of ether oxygens (including phenoxy) is 1. The van der Waals surface area contributed by atoms with E-state index in [2.05, 4.69) is 9.80 Å². The zero-order chi connectivity index (χ0) is 15.9. The summed E-state index contributed by atoms with van der Waals surface area (Å²) in [5, 5.41) is 9.99. The second kappa shape index (κ2) is 8.85. The molecule has 2 aliphatic heterocycles. The Morgan fingerprint density at radius 2 is 1.95 bits per heavy atom. The molecule has 5 nitrogen and oxygen atoms in total. The summed E-state index contributed by atoms with van der Waals surface area (Å²) in [6, 6.07) is 0. The number of likely N-dealkylation sites (tertiary alicyclic amines) is 2. The summed E-state index contributed by atoms with van der Waals surface area (Å²) < 4.78 is 5.46. The van der Waals surface area contributed by atoms with Gasteiger partial charge in [-0.15, -0.1) is 0 Å². The van der Waals surface area contributed by atoms with Gasteiger partial charge in [0.05, 0.1) is 18.8 Å². The van der Waals surface area contributed by atoms with Gasteiger partial charge in [0, 0.05) is 26.1 Å². The van der Waals surface area contributed by atoms with Crippen LogP contribution in [0.3, 0.4) is 0 Å². The van der Waals surface area contributed by atoms with Crippen LogP contribution in [0.5, 0.6) is 0 Å². The highest BCUT2D eigenvalue weighted by molar-refractivity contribution is 5.76. The van der Waals surface area contributed by atoms with E-state index in [-0.39, 0.29) is 6.10 Å². The predicted octanol–water partition coefficient (Wildman–Crippen LogP) is 1.50. The van der Waals surface area contributed by atoms with E-state index in [1.165, 1.54) is 0 Å². The van der Waals surface area contributed by atoms with Crippen LogP contribution in [0.25, 0.3) is 0 Å². The minimum absolute atomic E-state index is 0.169. The van der Waals surface area contributed by atoms with Gasteiger partial charge < -0.3 is 19.6 Å². The van der Waals surface area contributed by atoms with E-state index in [1.54, 1.807) is 0 Å². The molecule has 0 aromatic rings. The fraction of sp³-hybridized carbons (Fsp3) is 0.941. The molecule has 22 heavy (non-hydrogen) atoms. The molecule has 5 heteroatoms. The lowest BCUT2D eigenvalue weighted by atomic mass is 9.95. The molecule has 0 bridgehead atoms. The van der Waals surface area contributed by atoms with Crippen molar-refractivity contribution in [2.24, 2.45) is 5.92 Å². The lowest BCUT2D eigenvalue weighted by Crippen LogP contribution is -2.44. The number of β-amino-alcohol motifs (C(OH)–C–C–N with tert-alkyl or cyclic N) is 1. The van der Waals surface area contributed by atoms with E-state index in [0.29, 0.717) is 25.0 Å². The molecule has 0 aliphatic carbocycles. The zero-order valence-electron chi connectivity index (χ0n) is 14.2. The zero-order valence-corrected chi connectivity index (χ0v) is 14.2. The highest BCUT2D eigenvalue weighted by Crippen LogP contribution is 2.21. The molecule has 2 saturated heterocycles. The average molecular weight is 312 g/mol. The molecule has 1 atom stereocenters. The number of piperidine rings is 2. The van der Waals surface area contributed by atoms with Crippen LogP contribution in [-0.2, 0) is 9.53 Å². The van der Waals surface area contributed by atoms with Crippen LogP contribution in [0.4, 0.5) is 0 Å². The van der Waals surface area contributed by atoms with Crippen LogP contribution in [0.2, 0.25) is 0 Å². The van der Waals surface area contributed by atoms with Gasteiger partial charge in [-0.2, -0.15) is 0 Å². The van der Waals surface area contributed by atoms with E-state index in [0.717, 1.165) is 58.3 Å². The lowest BCUT2D eigenvalue weighted by Gasteiger charge is -2.36. The molecule has 1 unspecified atom stereocenters. The first-order valence-corrected chi connectivity index (χ1v) is 8.84. The molecule has 1 amide bonds. The highest BCUT2D eigenvalue weighted by atomic mass is 16.5. The average Bonchev–Trinajstić information content (AvgIpc) is 2.49. The number of carbonyl (C=O) groups excluding carboxylic acids is 1. The molecule has 0 aromatic heterocycles. The maximum atomic E-state index is 11.9. The molecule has 1 N–H and O–H groups in total. The highest BCUT2D eigenvalue weighted by Gasteiger charge is 2.25. The molecule has 2 rings (SSSR count). The minimum atomic E-state index is -0.400.